The van der Waals surface area contributed by atoms with E-state index in [9.17, 15) is 9.59 Å². The van der Waals surface area contributed by atoms with Crippen molar-refractivity contribution in [3.63, 3.8) is 0 Å². The van der Waals surface area contributed by atoms with Gasteiger partial charge in [-0.15, -0.1) is 11.8 Å². The van der Waals surface area contributed by atoms with Gasteiger partial charge in [0.2, 0.25) is 0 Å². The average molecular weight is 178 g/mol. The molecule has 0 aromatic heterocycles. The van der Waals surface area contributed by atoms with Crippen LogP contribution < -0.4 is 0 Å². The first kappa shape index (κ1) is 10.3. The van der Waals surface area contributed by atoms with Crippen molar-refractivity contribution in [2.75, 3.05) is 11.5 Å². The van der Waals surface area contributed by atoms with E-state index < -0.39 is 17.9 Å². The van der Waals surface area contributed by atoms with E-state index in [2.05, 4.69) is 0 Å². The minimum atomic E-state index is -0.910. The zero-order valence-electron chi connectivity index (χ0n) is 6.11. The Morgan fingerprint density at radius 3 is 2.36 bits per heavy atom. The summed E-state index contributed by atoms with van der Waals surface area (Å²) < 4.78 is 0. The molecule has 0 aromatic rings. The van der Waals surface area contributed by atoms with E-state index in [1.54, 1.807) is 6.92 Å². The lowest BCUT2D eigenvalue weighted by molar-refractivity contribution is -0.140. The Bertz CT molecular complexity index is 157. The van der Waals surface area contributed by atoms with Gasteiger partial charge in [0.15, 0.2) is 0 Å². The molecule has 0 aliphatic carbocycles. The third-order valence-electron chi connectivity index (χ3n) is 1.01. The summed E-state index contributed by atoms with van der Waals surface area (Å²) in [4.78, 5) is 20.2. The van der Waals surface area contributed by atoms with Crippen molar-refractivity contribution < 1.29 is 19.8 Å². The quantitative estimate of drug-likeness (QED) is 0.642. The molecule has 64 valence electrons. The van der Waals surface area contributed by atoms with Crippen molar-refractivity contribution in [2.24, 2.45) is 5.92 Å². The fourth-order valence-electron chi connectivity index (χ4n) is 0.394. The predicted octanol–water partition coefficient (Wildman–Crippen LogP) is 0.525. The van der Waals surface area contributed by atoms with Gasteiger partial charge in [-0.2, -0.15) is 0 Å². The molecule has 0 heterocycles. The van der Waals surface area contributed by atoms with Crippen LogP contribution in [-0.2, 0) is 9.59 Å². The van der Waals surface area contributed by atoms with Crippen LogP contribution in [0, 0.1) is 5.92 Å². The highest BCUT2D eigenvalue weighted by atomic mass is 32.2. The largest absolute Gasteiger partial charge is 0.481 e. The van der Waals surface area contributed by atoms with E-state index in [4.69, 9.17) is 10.2 Å². The monoisotopic (exact) mass is 178 g/mol. The number of carbonyl (C=O) groups is 2. The van der Waals surface area contributed by atoms with Crippen LogP contribution in [-0.4, -0.2) is 33.7 Å². The molecule has 0 bridgehead atoms. The van der Waals surface area contributed by atoms with Gasteiger partial charge in [0.25, 0.3) is 0 Å². The third-order valence-corrected chi connectivity index (χ3v) is 2.20. The van der Waals surface area contributed by atoms with Crippen LogP contribution in [0.5, 0.6) is 0 Å². The van der Waals surface area contributed by atoms with E-state index in [0.717, 1.165) is 11.8 Å². The first-order chi connectivity index (χ1) is 5.04. The molecule has 11 heavy (non-hydrogen) atoms. The maximum Gasteiger partial charge on any atom is 0.313 e. The number of carboxylic acids is 2. The number of thioether (sulfide) groups is 1. The van der Waals surface area contributed by atoms with Crippen molar-refractivity contribution in [1.29, 1.82) is 0 Å². The lowest BCUT2D eigenvalue weighted by Crippen LogP contribution is -2.13. The van der Waals surface area contributed by atoms with Gasteiger partial charge in [0.1, 0.15) is 0 Å². The fraction of sp³-hybridized carbons (Fsp3) is 0.667. The molecule has 0 aromatic carbocycles. The Kier molecular flexibility index (Phi) is 4.69. The number of rotatable bonds is 5. The molecule has 0 saturated carbocycles. The molecule has 0 rings (SSSR count). The summed E-state index contributed by atoms with van der Waals surface area (Å²) >= 11 is 1.12. The van der Waals surface area contributed by atoms with Gasteiger partial charge in [0.05, 0.1) is 11.7 Å². The summed E-state index contributed by atoms with van der Waals surface area (Å²) in [6.45, 7) is 1.55. The van der Waals surface area contributed by atoms with Crippen molar-refractivity contribution in [2.45, 2.75) is 6.92 Å². The first-order valence-corrected chi connectivity index (χ1v) is 4.22. The van der Waals surface area contributed by atoms with Crippen LogP contribution in [0.3, 0.4) is 0 Å². The number of hydrogen-bond acceptors (Lipinski definition) is 3. The van der Waals surface area contributed by atoms with Gasteiger partial charge in [-0.05, 0) is 0 Å². The minimum Gasteiger partial charge on any atom is -0.481 e. The SMILES string of the molecule is CC(CSCC(=O)O)C(=O)O. The number of carboxylic acid groups (broad SMARTS) is 2. The molecular weight excluding hydrogens is 168 g/mol. The van der Waals surface area contributed by atoms with Gasteiger partial charge >= 0.3 is 11.9 Å². The van der Waals surface area contributed by atoms with E-state index in [-0.39, 0.29) is 5.75 Å². The summed E-state index contributed by atoms with van der Waals surface area (Å²) in [5.74, 6) is -1.95. The lowest BCUT2D eigenvalue weighted by atomic mass is 10.2. The highest BCUT2D eigenvalue weighted by Gasteiger charge is 2.10. The minimum absolute atomic E-state index is 0.0301. The number of aliphatic carboxylic acids is 2. The highest BCUT2D eigenvalue weighted by molar-refractivity contribution is 7.99. The molecule has 0 aliphatic rings. The van der Waals surface area contributed by atoms with Gasteiger partial charge in [0, 0.05) is 5.75 Å². The molecule has 2 N–H and O–H groups in total. The maximum atomic E-state index is 10.2. The van der Waals surface area contributed by atoms with Crippen LogP contribution in [0.25, 0.3) is 0 Å². The summed E-state index contributed by atoms with van der Waals surface area (Å²) in [5.41, 5.74) is 0. The van der Waals surface area contributed by atoms with Gasteiger partial charge < -0.3 is 10.2 Å². The third kappa shape index (κ3) is 5.72. The lowest BCUT2D eigenvalue weighted by Gasteiger charge is -2.02. The zero-order chi connectivity index (χ0) is 8.85. The van der Waals surface area contributed by atoms with Crippen LogP contribution in [0.2, 0.25) is 0 Å². The Morgan fingerprint density at radius 1 is 1.45 bits per heavy atom. The summed E-state index contributed by atoms with van der Waals surface area (Å²) in [6, 6.07) is 0. The molecule has 0 spiro atoms. The van der Waals surface area contributed by atoms with Crippen molar-refractivity contribution in [3.05, 3.63) is 0 Å². The first-order valence-electron chi connectivity index (χ1n) is 3.06. The Labute approximate surface area is 68.6 Å². The predicted molar refractivity (Wildman–Crippen MR) is 41.8 cm³/mol. The van der Waals surface area contributed by atoms with E-state index in [1.807, 2.05) is 0 Å². The molecule has 0 amide bonds. The second kappa shape index (κ2) is 5.01. The molecule has 0 aliphatic heterocycles. The van der Waals surface area contributed by atoms with E-state index in [1.165, 1.54) is 0 Å². The smallest absolute Gasteiger partial charge is 0.313 e. The van der Waals surface area contributed by atoms with Gasteiger partial charge in [-0.25, -0.2) is 0 Å². The zero-order valence-corrected chi connectivity index (χ0v) is 6.93. The molecule has 1 atom stereocenters. The van der Waals surface area contributed by atoms with Crippen molar-refractivity contribution >= 4 is 23.7 Å². The van der Waals surface area contributed by atoms with Crippen LogP contribution in [0.15, 0.2) is 0 Å². The summed E-state index contributed by atoms with van der Waals surface area (Å²) in [5, 5.41) is 16.6. The van der Waals surface area contributed by atoms with Crippen molar-refractivity contribution in [1.82, 2.24) is 0 Å². The van der Waals surface area contributed by atoms with Gasteiger partial charge in [-0.3, -0.25) is 9.59 Å². The molecule has 0 fully saturated rings. The Hall–Kier alpha value is -0.710. The van der Waals surface area contributed by atoms with Crippen LogP contribution >= 0.6 is 11.8 Å². The molecule has 0 radical (unpaired) electrons. The molecule has 1 unspecified atom stereocenters. The van der Waals surface area contributed by atoms with Crippen LogP contribution in [0.1, 0.15) is 6.92 Å². The van der Waals surface area contributed by atoms with E-state index in [0.29, 0.717) is 5.75 Å². The van der Waals surface area contributed by atoms with E-state index >= 15 is 0 Å². The Morgan fingerprint density at radius 2 is 2.00 bits per heavy atom. The fourth-order valence-corrected chi connectivity index (χ4v) is 1.18. The standard InChI is InChI=1S/C6H10O4S/c1-4(6(9)10)2-11-3-5(7)8/h4H,2-3H2,1H3,(H,7,8)(H,9,10). The van der Waals surface area contributed by atoms with Crippen molar-refractivity contribution in [3.8, 4) is 0 Å². The average Bonchev–Trinajstić information content (AvgIpc) is 1.86. The van der Waals surface area contributed by atoms with Crippen LogP contribution in [0.4, 0.5) is 0 Å². The molecule has 0 saturated heterocycles. The second-order valence-electron chi connectivity index (χ2n) is 2.15. The summed E-state index contributed by atoms with van der Waals surface area (Å²) in [7, 11) is 0. The summed E-state index contributed by atoms with van der Waals surface area (Å²) in [6.07, 6.45) is 0. The topological polar surface area (TPSA) is 74.6 Å². The second-order valence-corrected chi connectivity index (χ2v) is 3.18. The molecule has 5 heteroatoms. The number of hydrogen-bond donors (Lipinski definition) is 2. The Balaban J connectivity index is 3.39. The normalized spacial score (nSPS) is 12.5. The van der Waals surface area contributed by atoms with Gasteiger partial charge in [-0.1, -0.05) is 6.92 Å². The molecular formula is C6H10O4S. The molecule has 4 nitrogen and oxygen atoms in total. The maximum absolute atomic E-state index is 10.2. The highest BCUT2D eigenvalue weighted by Crippen LogP contribution is 2.07.